The molecule has 0 aliphatic carbocycles. The molecular formula is C15H14ClN5OS. The number of hydrogen-bond acceptors (Lipinski definition) is 5. The topological polar surface area (TPSA) is 72.7 Å². The third kappa shape index (κ3) is 3.57. The van der Waals surface area contributed by atoms with Gasteiger partial charge in [0, 0.05) is 11.1 Å². The molecule has 8 heteroatoms. The van der Waals surface area contributed by atoms with Crippen LogP contribution in [0, 0.1) is 0 Å². The lowest BCUT2D eigenvalue weighted by atomic mass is 10.2. The molecule has 3 rings (SSSR count). The summed E-state index contributed by atoms with van der Waals surface area (Å²) in [4.78, 5) is 12.9. The number of amides is 1. The second kappa shape index (κ2) is 6.89. The van der Waals surface area contributed by atoms with Gasteiger partial charge < -0.3 is 5.32 Å². The van der Waals surface area contributed by atoms with Gasteiger partial charge in [-0.05, 0) is 35.6 Å². The van der Waals surface area contributed by atoms with Crippen molar-refractivity contribution in [3.05, 3.63) is 57.7 Å². The first kappa shape index (κ1) is 15.6. The van der Waals surface area contributed by atoms with E-state index in [-0.39, 0.29) is 5.91 Å². The number of nitrogens with one attached hydrogen (secondary N) is 1. The average Bonchev–Trinajstić information content (AvgIpc) is 3.19. The molecule has 0 atom stereocenters. The van der Waals surface area contributed by atoms with Gasteiger partial charge in [-0.3, -0.25) is 4.79 Å². The van der Waals surface area contributed by atoms with Gasteiger partial charge in [-0.2, -0.15) is 5.10 Å². The maximum atomic E-state index is 12.4. The number of carbonyl (C=O) groups is 1. The fraction of sp³-hybridized carbons (Fsp3) is 0.200. The lowest BCUT2D eigenvalue weighted by Gasteiger charge is -2.09. The van der Waals surface area contributed by atoms with Crippen molar-refractivity contribution in [1.29, 1.82) is 0 Å². The predicted octanol–water partition coefficient (Wildman–Crippen LogP) is 3.25. The minimum Gasteiger partial charge on any atom is -0.306 e. The summed E-state index contributed by atoms with van der Waals surface area (Å²) in [5.41, 5.74) is 1.75. The SMILES string of the molecule is CCc1nnsc1C(=O)Nc1ccnn1Cc1ccc(Cl)cc1. The van der Waals surface area contributed by atoms with Gasteiger partial charge in [-0.15, -0.1) is 5.10 Å². The molecule has 2 heterocycles. The van der Waals surface area contributed by atoms with E-state index in [1.807, 2.05) is 31.2 Å². The lowest BCUT2D eigenvalue weighted by Crippen LogP contribution is -2.16. The molecule has 0 fully saturated rings. The minimum atomic E-state index is -0.213. The van der Waals surface area contributed by atoms with Crippen LogP contribution in [0.5, 0.6) is 0 Å². The van der Waals surface area contributed by atoms with E-state index in [1.165, 1.54) is 0 Å². The van der Waals surface area contributed by atoms with E-state index in [1.54, 1.807) is 16.9 Å². The maximum Gasteiger partial charge on any atom is 0.270 e. The zero-order valence-electron chi connectivity index (χ0n) is 12.4. The molecule has 0 aliphatic rings. The highest BCUT2D eigenvalue weighted by atomic mass is 35.5. The summed E-state index contributed by atoms with van der Waals surface area (Å²) in [5, 5.41) is 11.8. The molecule has 0 aliphatic heterocycles. The van der Waals surface area contributed by atoms with Crippen LogP contribution < -0.4 is 5.32 Å². The summed E-state index contributed by atoms with van der Waals surface area (Å²) < 4.78 is 5.56. The van der Waals surface area contributed by atoms with Crippen LogP contribution in [0.2, 0.25) is 5.02 Å². The fourth-order valence-electron chi connectivity index (χ4n) is 2.11. The first-order valence-electron chi connectivity index (χ1n) is 7.06. The van der Waals surface area contributed by atoms with Crippen LogP contribution in [0.3, 0.4) is 0 Å². The smallest absolute Gasteiger partial charge is 0.270 e. The van der Waals surface area contributed by atoms with Crippen molar-refractivity contribution in [1.82, 2.24) is 19.4 Å². The number of hydrogen-bond donors (Lipinski definition) is 1. The summed E-state index contributed by atoms with van der Waals surface area (Å²) in [6.07, 6.45) is 2.32. The van der Waals surface area contributed by atoms with E-state index >= 15 is 0 Å². The van der Waals surface area contributed by atoms with Gasteiger partial charge >= 0.3 is 0 Å². The molecule has 2 aromatic heterocycles. The number of rotatable bonds is 5. The Morgan fingerprint density at radius 2 is 2.09 bits per heavy atom. The molecule has 0 saturated heterocycles. The van der Waals surface area contributed by atoms with Crippen LogP contribution >= 0.6 is 23.1 Å². The number of aromatic nitrogens is 4. The molecule has 6 nitrogen and oxygen atoms in total. The Bertz CT molecular complexity index is 811. The Balaban J connectivity index is 1.76. The standard InChI is InChI=1S/C15H14ClN5OS/c1-2-12-14(23-20-19-12)15(22)18-13-7-8-17-21(13)9-10-3-5-11(16)6-4-10/h3-8H,2,9H2,1H3,(H,18,22). The Labute approximate surface area is 142 Å². The zero-order chi connectivity index (χ0) is 16.2. The molecule has 1 aromatic carbocycles. The molecule has 1 N–H and O–H groups in total. The highest BCUT2D eigenvalue weighted by Gasteiger charge is 2.16. The molecule has 1 amide bonds. The Morgan fingerprint density at radius 3 is 2.83 bits per heavy atom. The summed E-state index contributed by atoms with van der Waals surface area (Å²) in [6.45, 7) is 2.49. The number of nitrogens with zero attached hydrogens (tertiary/aromatic N) is 4. The van der Waals surface area contributed by atoms with Gasteiger partial charge in [0.05, 0.1) is 18.4 Å². The largest absolute Gasteiger partial charge is 0.306 e. The first-order chi connectivity index (χ1) is 11.2. The number of halogens is 1. The number of benzene rings is 1. The summed E-state index contributed by atoms with van der Waals surface area (Å²) in [7, 11) is 0. The Morgan fingerprint density at radius 1 is 1.30 bits per heavy atom. The van der Waals surface area contributed by atoms with E-state index in [0.29, 0.717) is 34.4 Å². The van der Waals surface area contributed by atoms with E-state index in [0.717, 1.165) is 17.1 Å². The van der Waals surface area contributed by atoms with E-state index < -0.39 is 0 Å². The van der Waals surface area contributed by atoms with Crippen molar-refractivity contribution in [2.75, 3.05) is 5.32 Å². The normalized spacial score (nSPS) is 10.7. The highest BCUT2D eigenvalue weighted by molar-refractivity contribution is 7.08. The van der Waals surface area contributed by atoms with Gasteiger partial charge in [0.1, 0.15) is 10.7 Å². The minimum absolute atomic E-state index is 0.213. The summed E-state index contributed by atoms with van der Waals surface area (Å²) in [6, 6.07) is 9.27. The van der Waals surface area contributed by atoms with Gasteiger partial charge in [0.15, 0.2) is 0 Å². The summed E-state index contributed by atoms with van der Waals surface area (Å²) in [5.74, 6) is 0.412. The molecule has 0 unspecified atom stereocenters. The molecular weight excluding hydrogens is 334 g/mol. The van der Waals surface area contributed by atoms with Gasteiger partial charge in [0.2, 0.25) is 0 Å². The third-order valence-electron chi connectivity index (χ3n) is 3.30. The molecule has 0 spiro atoms. The molecule has 118 valence electrons. The first-order valence-corrected chi connectivity index (χ1v) is 8.21. The second-order valence-corrected chi connectivity index (χ2v) is 6.05. The van der Waals surface area contributed by atoms with Crippen molar-refractivity contribution in [3.63, 3.8) is 0 Å². The molecule has 0 radical (unpaired) electrons. The Hall–Kier alpha value is -2.25. The third-order valence-corrected chi connectivity index (χ3v) is 4.32. The van der Waals surface area contributed by atoms with E-state index in [2.05, 4.69) is 20.0 Å². The summed E-state index contributed by atoms with van der Waals surface area (Å²) >= 11 is 6.99. The van der Waals surface area contributed by atoms with E-state index in [9.17, 15) is 4.79 Å². The molecule has 23 heavy (non-hydrogen) atoms. The average molecular weight is 348 g/mol. The molecule has 0 saturated carbocycles. The molecule has 3 aromatic rings. The number of anilines is 1. The number of aryl methyl sites for hydroxylation is 1. The lowest BCUT2D eigenvalue weighted by molar-refractivity contribution is 0.102. The Kier molecular flexibility index (Phi) is 4.68. The van der Waals surface area contributed by atoms with Crippen LogP contribution in [-0.4, -0.2) is 25.3 Å². The van der Waals surface area contributed by atoms with Crippen molar-refractivity contribution in [3.8, 4) is 0 Å². The maximum absolute atomic E-state index is 12.4. The van der Waals surface area contributed by atoms with Crippen LogP contribution in [0.25, 0.3) is 0 Å². The predicted molar refractivity (Wildman–Crippen MR) is 90.0 cm³/mol. The van der Waals surface area contributed by atoms with Crippen molar-refractivity contribution >= 4 is 34.9 Å². The van der Waals surface area contributed by atoms with Gasteiger partial charge in [-0.25, -0.2) is 4.68 Å². The quantitative estimate of drug-likeness (QED) is 0.769. The number of carbonyl (C=O) groups excluding carboxylic acids is 1. The highest BCUT2D eigenvalue weighted by Crippen LogP contribution is 2.16. The fourth-order valence-corrected chi connectivity index (χ4v) is 2.88. The van der Waals surface area contributed by atoms with Crippen LogP contribution in [0.4, 0.5) is 5.82 Å². The monoisotopic (exact) mass is 347 g/mol. The van der Waals surface area contributed by atoms with Crippen LogP contribution in [0.15, 0.2) is 36.5 Å². The van der Waals surface area contributed by atoms with Crippen LogP contribution in [0.1, 0.15) is 27.9 Å². The van der Waals surface area contributed by atoms with Gasteiger partial charge in [-0.1, -0.05) is 35.1 Å². The van der Waals surface area contributed by atoms with Crippen LogP contribution in [-0.2, 0) is 13.0 Å². The second-order valence-electron chi connectivity index (χ2n) is 4.86. The zero-order valence-corrected chi connectivity index (χ0v) is 13.9. The molecule has 0 bridgehead atoms. The van der Waals surface area contributed by atoms with Crippen molar-refractivity contribution in [2.45, 2.75) is 19.9 Å². The van der Waals surface area contributed by atoms with E-state index in [4.69, 9.17) is 11.6 Å². The van der Waals surface area contributed by atoms with Gasteiger partial charge in [0.25, 0.3) is 5.91 Å². The van der Waals surface area contributed by atoms with Crippen molar-refractivity contribution in [2.24, 2.45) is 0 Å². The van der Waals surface area contributed by atoms with Crippen molar-refractivity contribution < 1.29 is 4.79 Å².